The number of aryl methyl sites for hydroxylation is 1. The molecule has 4 rings (SSSR count). The van der Waals surface area contributed by atoms with Crippen molar-refractivity contribution in [3.8, 4) is 11.8 Å². The van der Waals surface area contributed by atoms with Gasteiger partial charge in [-0.3, -0.25) is 4.79 Å². The predicted octanol–water partition coefficient (Wildman–Crippen LogP) is 4.93. The number of carbonyl (C=O) groups is 1. The molecule has 33 heavy (non-hydrogen) atoms. The Hall–Kier alpha value is -4.02. The second kappa shape index (κ2) is 8.85. The number of carbonyl (C=O) groups excluding carboxylic acids is 1. The fourth-order valence-electron chi connectivity index (χ4n) is 3.92. The Balaban J connectivity index is 1.87. The van der Waals surface area contributed by atoms with Crippen LogP contribution in [0.25, 0.3) is 10.9 Å². The van der Waals surface area contributed by atoms with E-state index in [1.54, 1.807) is 31.2 Å². The molecule has 0 saturated heterocycles. The van der Waals surface area contributed by atoms with E-state index in [0.717, 1.165) is 10.9 Å². The average molecular weight is 461 g/mol. The third-order valence-corrected chi connectivity index (χ3v) is 5.77. The SMILES string of the molecule is COc1ccccc1NC(=O)C1=C(C)OC(N)=C(C#N)C1c1cc2cc(C)ccc2nc1Cl. The van der Waals surface area contributed by atoms with Crippen molar-refractivity contribution in [1.82, 2.24) is 4.98 Å². The summed E-state index contributed by atoms with van der Waals surface area (Å²) in [5.74, 6) is -0.640. The molecule has 0 saturated carbocycles. The van der Waals surface area contributed by atoms with Crippen molar-refractivity contribution in [2.24, 2.45) is 5.73 Å². The van der Waals surface area contributed by atoms with E-state index >= 15 is 0 Å². The van der Waals surface area contributed by atoms with Gasteiger partial charge in [0.1, 0.15) is 28.3 Å². The molecule has 1 amide bonds. The fourth-order valence-corrected chi connectivity index (χ4v) is 4.17. The first-order valence-electron chi connectivity index (χ1n) is 10.1. The summed E-state index contributed by atoms with van der Waals surface area (Å²) < 4.78 is 10.9. The number of rotatable bonds is 4. The molecular weight excluding hydrogens is 440 g/mol. The molecule has 166 valence electrons. The number of nitriles is 1. The lowest BCUT2D eigenvalue weighted by atomic mass is 9.82. The largest absolute Gasteiger partial charge is 0.495 e. The van der Waals surface area contributed by atoms with Crippen molar-refractivity contribution < 1.29 is 14.3 Å². The summed E-state index contributed by atoms with van der Waals surface area (Å²) in [6.45, 7) is 3.59. The van der Waals surface area contributed by atoms with Crippen LogP contribution in [-0.4, -0.2) is 18.0 Å². The van der Waals surface area contributed by atoms with Crippen LogP contribution >= 0.6 is 11.6 Å². The van der Waals surface area contributed by atoms with Crippen LogP contribution in [0.4, 0.5) is 5.69 Å². The zero-order chi connectivity index (χ0) is 23.7. The summed E-state index contributed by atoms with van der Waals surface area (Å²) in [6.07, 6.45) is 0. The molecule has 0 radical (unpaired) electrons. The predicted molar refractivity (Wildman–Crippen MR) is 126 cm³/mol. The lowest BCUT2D eigenvalue weighted by Gasteiger charge is -2.28. The number of amides is 1. The molecule has 0 spiro atoms. The van der Waals surface area contributed by atoms with Crippen LogP contribution in [0.5, 0.6) is 5.75 Å². The van der Waals surface area contributed by atoms with Gasteiger partial charge in [0.05, 0.1) is 29.8 Å². The van der Waals surface area contributed by atoms with Gasteiger partial charge in [-0.15, -0.1) is 0 Å². The van der Waals surface area contributed by atoms with Crippen molar-refractivity contribution in [3.63, 3.8) is 0 Å². The standard InChI is InChI=1S/C25H21ClN4O3/c1-13-8-9-18-15(10-13)11-16(23(26)29-18)22-17(12-27)24(28)33-14(2)21(22)25(31)30-19-6-4-5-7-20(19)32-3/h4-11,22H,28H2,1-3H3,(H,30,31). The average Bonchev–Trinajstić information content (AvgIpc) is 2.78. The van der Waals surface area contributed by atoms with Crippen LogP contribution in [0.15, 0.2) is 71.3 Å². The molecule has 3 N–H and O–H groups in total. The van der Waals surface area contributed by atoms with Crippen molar-refractivity contribution in [2.45, 2.75) is 19.8 Å². The van der Waals surface area contributed by atoms with E-state index in [1.165, 1.54) is 7.11 Å². The van der Waals surface area contributed by atoms with Crippen molar-refractivity contribution in [3.05, 3.63) is 87.6 Å². The van der Waals surface area contributed by atoms with E-state index in [0.29, 0.717) is 22.5 Å². The maximum atomic E-state index is 13.5. The minimum absolute atomic E-state index is 0.0748. The minimum Gasteiger partial charge on any atom is -0.495 e. The van der Waals surface area contributed by atoms with Crippen molar-refractivity contribution in [1.29, 1.82) is 5.26 Å². The molecular formula is C25H21ClN4O3. The Morgan fingerprint density at radius 3 is 2.73 bits per heavy atom. The molecule has 8 heteroatoms. The number of hydrogen-bond acceptors (Lipinski definition) is 6. The first-order valence-corrected chi connectivity index (χ1v) is 10.5. The van der Waals surface area contributed by atoms with Gasteiger partial charge >= 0.3 is 0 Å². The highest BCUT2D eigenvalue weighted by atomic mass is 35.5. The third-order valence-electron chi connectivity index (χ3n) is 5.47. The van der Waals surface area contributed by atoms with Crippen LogP contribution in [0.3, 0.4) is 0 Å². The normalized spacial score (nSPS) is 15.8. The van der Waals surface area contributed by atoms with E-state index in [4.69, 9.17) is 26.8 Å². The number of anilines is 1. The smallest absolute Gasteiger partial charge is 0.256 e. The van der Waals surface area contributed by atoms with Crippen molar-refractivity contribution >= 4 is 34.1 Å². The molecule has 2 aromatic carbocycles. The Morgan fingerprint density at radius 2 is 2.00 bits per heavy atom. The van der Waals surface area contributed by atoms with Gasteiger partial charge in [0.25, 0.3) is 5.91 Å². The first-order chi connectivity index (χ1) is 15.8. The Morgan fingerprint density at radius 1 is 1.24 bits per heavy atom. The highest BCUT2D eigenvalue weighted by molar-refractivity contribution is 6.31. The third kappa shape index (κ3) is 4.09. The molecule has 2 heterocycles. The number of halogens is 1. The molecule has 1 unspecified atom stereocenters. The number of para-hydroxylation sites is 2. The maximum absolute atomic E-state index is 13.5. The van der Waals surface area contributed by atoms with Gasteiger partial charge in [-0.25, -0.2) is 4.98 Å². The Labute approximate surface area is 196 Å². The second-order valence-corrected chi connectivity index (χ2v) is 7.97. The van der Waals surface area contributed by atoms with Gasteiger partial charge in [0, 0.05) is 10.9 Å². The van der Waals surface area contributed by atoms with E-state index in [-0.39, 0.29) is 27.9 Å². The number of methoxy groups -OCH3 is 1. The highest BCUT2D eigenvalue weighted by Gasteiger charge is 2.37. The lowest BCUT2D eigenvalue weighted by molar-refractivity contribution is -0.113. The molecule has 1 atom stereocenters. The highest BCUT2D eigenvalue weighted by Crippen LogP contribution is 2.42. The van der Waals surface area contributed by atoms with Gasteiger partial charge < -0.3 is 20.5 Å². The quantitative estimate of drug-likeness (QED) is 0.534. The van der Waals surface area contributed by atoms with Crippen molar-refractivity contribution in [2.75, 3.05) is 12.4 Å². The summed E-state index contributed by atoms with van der Waals surface area (Å²) in [4.78, 5) is 18.0. The van der Waals surface area contributed by atoms with Crippen LogP contribution in [0.2, 0.25) is 5.15 Å². The number of pyridine rings is 1. The lowest BCUT2D eigenvalue weighted by Crippen LogP contribution is -2.28. The topological polar surface area (TPSA) is 110 Å². The molecule has 0 aliphatic carbocycles. The van der Waals surface area contributed by atoms with E-state index in [1.807, 2.05) is 31.2 Å². The molecule has 1 aliphatic heterocycles. The number of hydrogen-bond donors (Lipinski definition) is 2. The number of benzene rings is 2. The zero-order valence-corrected chi connectivity index (χ0v) is 19.0. The first kappa shape index (κ1) is 22.2. The monoisotopic (exact) mass is 460 g/mol. The van der Waals surface area contributed by atoms with Crippen LogP contribution < -0.4 is 15.8 Å². The number of nitrogens with zero attached hydrogens (tertiary/aromatic N) is 2. The van der Waals surface area contributed by atoms with Gasteiger partial charge in [0.15, 0.2) is 0 Å². The number of aromatic nitrogens is 1. The Kier molecular flexibility index (Phi) is 5.95. The Bertz CT molecular complexity index is 1390. The van der Waals surface area contributed by atoms with Gasteiger partial charge in [0.2, 0.25) is 5.88 Å². The fraction of sp³-hybridized carbons (Fsp3) is 0.160. The summed E-state index contributed by atoms with van der Waals surface area (Å²) in [5, 5.41) is 13.7. The maximum Gasteiger partial charge on any atom is 0.256 e. The van der Waals surface area contributed by atoms with Crippen LogP contribution in [-0.2, 0) is 9.53 Å². The minimum atomic E-state index is -0.858. The molecule has 1 aromatic heterocycles. The number of nitrogens with two attached hydrogens (primary N) is 1. The molecule has 0 fully saturated rings. The van der Waals surface area contributed by atoms with E-state index < -0.39 is 11.8 Å². The molecule has 7 nitrogen and oxygen atoms in total. The zero-order valence-electron chi connectivity index (χ0n) is 18.3. The van der Waals surface area contributed by atoms with E-state index in [9.17, 15) is 10.1 Å². The molecule has 3 aromatic rings. The number of ether oxygens (including phenoxy) is 2. The van der Waals surface area contributed by atoms with Gasteiger partial charge in [-0.1, -0.05) is 35.4 Å². The van der Waals surface area contributed by atoms with Crippen LogP contribution in [0, 0.1) is 18.3 Å². The summed E-state index contributed by atoms with van der Waals surface area (Å²) >= 11 is 6.57. The number of nitrogens with one attached hydrogen (secondary N) is 1. The summed E-state index contributed by atoms with van der Waals surface area (Å²) in [7, 11) is 1.52. The van der Waals surface area contributed by atoms with Gasteiger partial charge in [-0.05, 0) is 44.2 Å². The summed E-state index contributed by atoms with van der Waals surface area (Å²) in [6, 6.07) is 16.7. The summed E-state index contributed by atoms with van der Waals surface area (Å²) in [5.41, 5.74) is 9.05. The van der Waals surface area contributed by atoms with E-state index in [2.05, 4.69) is 16.4 Å². The number of fused-ring (bicyclic) bond motifs is 1. The van der Waals surface area contributed by atoms with Gasteiger partial charge in [-0.2, -0.15) is 5.26 Å². The molecule has 1 aliphatic rings. The molecule has 0 bridgehead atoms. The van der Waals surface area contributed by atoms with Crippen LogP contribution in [0.1, 0.15) is 24.0 Å². The number of allylic oxidation sites excluding steroid dienone is 2. The second-order valence-electron chi connectivity index (χ2n) is 7.61.